The second-order valence-corrected chi connectivity index (χ2v) is 17.1. The van der Waals surface area contributed by atoms with Crippen LogP contribution in [0.1, 0.15) is 20.7 Å². The zero-order valence-electron chi connectivity index (χ0n) is 39.5. The molecular weight excluding hydrogens is 1040 g/mol. The van der Waals surface area contributed by atoms with Gasteiger partial charge in [-0.2, -0.15) is 15.1 Å². The largest absolute Gasteiger partial charge is 0.478 e. The van der Waals surface area contributed by atoms with Crippen LogP contribution in [0.4, 0.5) is 5.69 Å². The maximum atomic E-state index is 11.1. The Morgan fingerprint density at radius 1 is 0.539 bits per heavy atom. The topological polar surface area (TPSA) is 267 Å². The molecule has 6 aromatic carbocycles. The number of carbonyl (C=O) groups is 2. The number of halogens is 1. The van der Waals surface area contributed by atoms with Gasteiger partial charge in [0.2, 0.25) is 23.6 Å². The van der Waals surface area contributed by atoms with E-state index in [9.17, 15) is 9.59 Å². The summed E-state index contributed by atoms with van der Waals surface area (Å²) in [7, 11) is 0. The van der Waals surface area contributed by atoms with Crippen molar-refractivity contribution in [2.75, 3.05) is 18.5 Å². The monoisotopic (exact) mass is 1070 g/mol. The number of hydrogen-bond acceptors (Lipinski definition) is 16. The zero-order valence-corrected chi connectivity index (χ0v) is 41.1. The van der Waals surface area contributed by atoms with Crippen LogP contribution in [0, 0.1) is 0 Å². The Labute approximate surface area is 438 Å². The second kappa shape index (κ2) is 22.7. The number of rotatable bonds is 10. The molecule has 0 spiro atoms. The van der Waals surface area contributed by atoms with E-state index in [0.29, 0.717) is 80.3 Å². The van der Waals surface area contributed by atoms with Gasteiger partial charge in [-0.3, -0.25) is 0 Å². The molecule has 0 bridgehead atoms. The van der Waals surface area contributed by atoms with Crippen molar-refractivity contribution in [3.63, 3.8) is 0 Å². The summed E-state index contributed by atoms with van der Waals surface area (Å²) >= 11 is 3.35. The van der Waals surface area contributed by atoms with Crippen LogP contribution in [0.3, 0.4) is 0 Å². The van der Waals surface area contributed by atoms with Gasteiger partial charge in [0.25, 0.3) is 0 Å². The van der Waals surface area contributed by atoms with Gasteiger partial charge < -0.3 is 38.3 Å². The highest BCUT2D eigenvalue weighted by molar-refractivity contribution is 9.10. The molecular formula is C56H39BrN10O9. The second-order valence-electron chi connectivity index (χ2n) is 16.2. The molecule has 13 aromatic rings. The summed E-state index contributed by atoms with van der Waals surface area (Å²) < 4.78 is 25.2. The Morgan fingerprint density at radius 3 is 1.67 bits per heavy atom. The lowest BCUT2D eigenvalue weighted by Gasteiger charge is -2.02. The molecule has 7 aromatic heterocycles. The number of oxazole rings is 4. The predicted molar refractivity (Wildman–Crippen MR) is 285 cm³/mol. The van der Waals surface area contributed by atoms with E-state index >= 15 is 0 Å². The Kier molecular flexibility index (Phi) is 14.8. The molecule has 0 aliphatic heterocycles. The highest BCUT2D eigenvalue weighted by Crippen LogP contribution is 2.29. The zero-order chi connectivity index (χ0) is 52.4. The quantitative estimate of drug-likeness (QED) is 0.0991. The maximum Gasteiger partial charge on any atom is 0.335 e. The maximum absolute atomic E-state index is 11.1. The number of aromatic carboxylic acids is 2. The first-order chi connectivity index (χ1) is 37.1. The van der Waals surface area contributed by atoms with Crippen LogP contribution >= 0.6 is 15.9 Å². The Balaban J connectivity index is 0.000000117. The van der Waals surface area contributed by atoms with Crippen LogP contribution in [-0.2, 0) is 0 Å². The van der Waals surface area contributed by atoms with Crippen molar-refractivity contribution < 1.29 is 42.6 Å². The standard InChI is InChI=1S/C16H10N4O3.C16H14N2O4.C12H7BrN2O.C12H8N2O/c21-16(22)11-3-1-2-10(6-11)15-19-13-5-4-12(7-14(13)23-15)20-9-17-8-18-20;19-7-6-17-12-4-5-13-14(9-12)22-15(18-13)10-2-1-3-11(8-10)16(20)21;13-9-6-10-11(14-7-9)15-12(16-10)8-4-2-1-3-5-8;1-2-5-9(6-3-1)12-14-11-10(15-12)7-4-8-13-11/h1-9H,(H,21,22);1-5,8-9,17,19H,6-7H2,(H,20,21);1-7H;1-8H. The van der Waals surface area contributed by atoms with Gasteiger partial charge in [-0.25, -0.2) is 39.2 Å². The first-order valence-electron chi connectivity index (χ1n) is 23.1. The van der Waals surface area contributed by atoms with Gasteiger partial charge in [-0.15, -0.1) is 0 Å². The fourth-order valence-corrected chi connectivity index (χ4v) is 7.73. The number of carboxylic acid groups (broad SMARTS) is 2. The first kappa shape index (κ1) is 49.4. The Hall–Kier alpha value is -10.2. The van der Waals surface area contributed by atoms with Gasteiger partial charge >= 0.3 is 11.9 Å². The lowest BCUT2D eigenvalue weighted by molar-refractivity contribution is 0.0686. The summed E-state index contributed by atoms with van der Waals surface area (Å²) in [6.07, 6.45) is 6.46. The number of benzene rings is 6. The molecule has 0 atom stereocenters. The van der Waals surface area contributed by atoms with Crippen molar-refractivity contribution in [1.29, 1.82) is 0 Å². The van der Waals surface area contributed by atoms with E-state index in [0.717, 1.165) is 32.6 Å². The van der Waals surface area contributed by atoms with E-state index in [-0.39, 0.29) is 17.7 Å². The van der Waals surface area contributed by atoms with E-state index in [2.05, 4.69) is 61.2 Å². The molecule has 7 heterocycles. The van der Waals surface area contributed by atoms with E-state index < -0.39 is 11.9 Å². The van der Waals surface area contributed by atoms with Crippen LogP contribution in [0.2, 0.25) is 0 Å². The molecule has 19 nitrogen and oxygen atoms in total. The minimum atomic E-state index is -0.992. The minimum Gasteiger partial charge on any atom is -0.478 e. The number of aromatic nitrogens is 9. The fraction of sp³-hybridized carbons (Fsp3) is 0.0357. The summed E-state index contributed by atoms with van der Waals surface area (Å²) in [5.74, 6) is -0.0216. The summed E-state index contributed by atoms with van der Waals surface area (Å²) in [6.45, 7) is 0.495. The molecule has 0 radical (unpaired) electrons. The molecule has 13 rings (SSSR count). The molecule has 0 aliphatic rings. The summed E-state index contributed by atoms with van der Waals surface area (Å²) in [5, 5.41) is 34.0. The number of carboxylic acids is 2. The van der Waals surface area contributed by atoms with Gasteiger partial charge in [-0.1, -0.05) is 48.5 Å². The van der Waals surface area contributed by atoms with Gasteiger partial charge in [0.1, 0.15) is 23.7 Å². The molecule has 0 unspecified atom stereocenters. The number of nitrogens with one attached hydrogen (secondary N) is 1. The molecule has 0 saturated carbocycles. The van der Waals surface area contributed by atoms with Crippen molar-refractivity contribution in [1.82, 2.24) is 44.7 Å². The minimum absolute atomic E-state index is 0.0433. The predicted octanol–water partition coefficient (Wildman–Crippen LogP) is 11.9. The number of aliphatic hydroxyl groups excluding tert-OH is 1. The Bertz CT molecular complexity index is 4070. The van der Waals surface area contributed by atoms with Crippen LogP contribution in [0.5, 0.6) is 0 Å². The third kappa shape index (κ3) is 11.7. The molecule has 0 fully saturated rings. The summed E-state index contributed by atoms with van der Waals surface area (Å²) in [4.78, 5) is 51.7. The first-order valence-corrected chi connectivity index (χ1v) is 23.9. The fourth-order valence-electron chi connectivity index (χ4n) is 7.42. The van der Waals surface area contributed by atoms with Gasteiger partial charge in [0, 0.05) is 69.6 Å². The van der Waals surface area contributed by atoms with Crippen molar-refractivity contribution >= 4 is 78.2 Å². The van der Waals surface area contributed by atoms with E-state index in [4.69, 9.17) is 33.0 Å². The van der Waals surface area contributed by atoms with Crippen LogP contribution in [-0.4, -0.2) is 85.1 Å². The number of pyridine rings is 2. The molecule has 0 aliphatic carbocycles. The molecule has 0 saturated heterocycles. The van der Waals surface area contributed by atoms with E-state index in [1.165, 1.54) is 30.6 Å². The van der Waals surface area contributed by atoms with Crippen LogP contribution in [0.25, 0.3) is 96.2 Å². The number of anilines is 1. The number of fused-ring (bicyclic) bond motifs is 4. The third-order valence-corrected chi connectivity index (χ3v) is 11.5. The lowest BCUT2D eigenvalue weighted by atomic mass is 10.1. The van der Waals surface area contributed by atoms with Gasteiger partial charge in [0.05, 0.1) is 23.4 Å². The lowest BCUT2D eigenvalue weighted by Crippen LogP contribution is -2.04. The van der Waals surface area contributed by atoms with Crippen molar-refractivity contribution in [3.05, 3.63) is 204 Å². The van der Waals surface area contributed by atoms with Crippen LogP contribution in [0.15, 0.2) is 211 Å². The van der Waals surface area contributed by atoms with Crippen LogP contribution < -0.4 is 5.32 Å². The number of nitrogens with zero attached hydrogens (tertiary/aromatic N) is 9. The van der Waals surface area contributed by atoms with E-state index in [1.54, 1.807) is 53.7 Å². The Morgan fingerprint density at radius 2 is 1.09 bits per heavy atom. The molecule has 4 N–H and O–H groups in total. The smallest absolute Gasteiger partial charge is 0.335 e. The number of hydrogen-bond donors (Lipinski definition) is 4. The number of aliphatic hydroxyl groups is 1. The highest BCUT2D eigenvalue weighted by atomic mass is 79.9. The van der Waals surface area contributed by atoms with E-state index in [1.807, 2.05) is 109 Å². The SMILES string of the molecule is Brc1cnc2nc(-c3ccccc3)oc2c1.O=C(O)c1cccc(-c2nc3ccc(-n4cncn4)cc3o2)c1.O=C(O)c1cccc(-c2nc3ccc(NCCO)cc3o2)c1.c1ccc(-c2nc3ncccc3o2)cc1. The molecule has 20 heteroatoms. The van der Waals surface area contributed by atoms with Crippen molar-refractivity contribution in [2.24, 2.45) is 0 Å². The average molecular weight is 1080 g/mol. The molecule has 76 heavy (non-hydrogen) atoms. The normalized spacial score (nSPS) is 10.8. The van der Waals surface area contributed by atoms with Crippen molar-refractivity contribution in [2.45, 2.75) is 0 Å². The third-order valence-electron chi connectivity index (χ3n) is 11.0. The molecule has 374 valence electrons. The average Bonchev–Trinajstić information content (AvgIpc) is 4.34. The van der Waals surface area contributed by atoms with Gasteiger partial charge in [0.15, 0.2) is 33.6 Å². The summed E-state index contributed by atoms with van der Waals surface area (Å²) in [6, 6.07) is 49.0. The summed E-state index contributed by atoms with van der Waals surface area (Å²) in [5.41, 5.74) is 10.4. The highest BCUT2D eigenvalue weighted by Gasteiger charge is 2.15. The van der Waals surface area contributed by atoms with Gasteiger partial charge in [-0.05, 0) is 113 Å². The van der Waals surface area contributed by atoms with Crippen molar-refractivity contribution in [3.8, 4) is 51.5 Å². The molecule has 0 amide bonds.